The van der Waals surface area contributed by atoms with E-state index in [0.717, 1.165) is 25.9 Å². The van der Waals surface area contributed by atoms with Crippen LogP contribution in [0.3, 0.4) is 0 Å². The fraction of sp³-hybridized carbons (Fsp3) is 0.667. The highest BCUT2D eigenvalue weighted by molar-refractivity contribution is 5.79. The number of fused-ring (bicyclic) bond motifs is 1. The molecule has 2 aliphatic rings. The molecule has 1 aromatic heterocycles. The number of methoxy groups -OCH3 is 1. The molecule has 0 N–H and O–H groups in total. The molecule has 126 valence electrons. The standard InChI is InChI=1S/C18H27N3O2/c1-3-21-18-15(10-19-21)11-20(12-16(18)13-23-2)17(22)9-14-7-5-4-6-8-14/h7,10,16H,3-6,8-9,11-13H2,1-2H3. The van der Waals surface area contributed by atoms with Crippen LogP contribution in [-0.4, -0.2) is 40.8 Å². The minimum Gasteiger partial charge on any atom is -0.384 e. The molecule has 5 heteroatoms. The van der Waals surface area contributed by atoms with E-state index in [0.29, 0.717) is 19.6 Å². The van der Waals surface area contributed by atoms with E-state index in [1.54, 1.807) is 7.11 Å². The van der Waals surface area contributed by atoms with Crippen molar-refractivity contribution in [3.63, 3.8) is 0 Å². The van der Waals surface area contributed by atoms with Gasteiger partial charge in [-0.3, -0.25) is 9.48 Å². The Balaban J connectivity index is 1.74. The van der Waals surface area contributed by atoms with E-state index in [2.05, 4.69) is 18.1 Å². The van der Waals surface area contributed by atoms with Gasteiger partial charge in [0.15, 0.2) is 0 Å². The average Bonchev–Trinajstić information content (AvgIpc) is 2.99. The van der Waals surface area contributed by atoms with Gasteiger partial charge in [0.05, 0.1) is 18.5 Å². The summed E-state index contributed by atoms with van der Waals surface area (Å²) in [5.41, 5.74) is 3.74. The Morgan fingerprint density at radius 1 is 1.43 bits per heavy atom. The van der Waals surface area contributed by atoms with Crippen LogP contribution in [-0.2, 0) is 22.6 Å². The van der Waals surface area contributed by atoms with E-state index in [4.69, 9.17) is 4.74 Å². The number of rotatable bonds is 5. The van der Waals surface area contributed by atoms with Gasteiger partial charge < -0.3 is 9.64 Å². The smallest absolute Gasteiger partial charge is 0.226 e. The van der Waals surface area contributed by atoms with Crippen molar-refractivity contribution in [1.29, 1.82) is 0 Å². The van der Waals surface area contributed by atoms with Gasteiger partial charge in [-0.05, 0) is 32.6 Å². The van der Waals surface area contributed by atoms with E-state index in [1.807, 2.05) is 15.8 Å². The van der Waals surface area contributed by atoms with Gasteiger partial charge in [-0.1, -0.05) is 11.6 Å². The molecule has 1 aliphatic carbocycles. The van der Waals surface area contributed by atoms with Gasteiger partial charge in [0, 0.05) is 44.6 Å². The molecule has 5 nitrogen and oxygen atoms in total. The van der Waals surface area contributed by atoms with Crippen LogP contribution in [0.25, 0.3) is 0 Å². The lowest BCUT2D eigenvalue weighted by atomic mass is 9.94. The third kappa shape index (κ3) is 3.50. The van der Waals surface area contributed by atoms with Crippen LogP contribution < -0.4 is 0 Å². The molecule has 1 amide bonds. The van der Waals surface area contributed by atoms with Crippen molar-refractivity contribution in [2.75, 3.05) is 20.3 Å². The number of ether oxygens (including phenoxy) is 1. The van der Waals surface area contributed by atoms with Gasteiger partial charge in [-0.15, -0.1) is 0 Å². The minimum atomic E-state index is 0.218. The Morgan fingerprint density at radius 2 is 2.30 bits per heavy atom. The van der Waals surface area contributed by atoms with Crippen molar-refractivity contribution in [3.8, 4) is 0 Å². The summed E-state index contributed by atoms with van der Waals surface area (Å²) < 4.78 is 7.44. The third-order valence-corrected chi connectivity index (χ3v) is 4.93. The summed E-state index contributed by atoms with van der Waals surface area (Å²) in [6.07, 6.45) is 9.45. The highest BCUT2D eigenvalue weighted by atomic mass is 16.5. The van der Waals surface area contributed by atoms with E-state index in [1.165, 1.54) is 29.7 Å². The first-order chi connectivity index (χ1) is 11.2. The first kappa shape index (κ1) is 16.2. The Hall–Kier alpha value is -1.62. The summed E-state index contributed by atoms with van der Waals surface area (Å²) in [5.74, 6) is 0.463. The second-order valence-corrected chi connectivity index (χ2v) is 6.58. The fourth-order valence-corrected chi connectivity index (χ4v) is 3.80. The summed E-state index contributed by atoms with van der Waals surface area (Å²) in [6.45, 7) is 5.01. The van der Waals surface area contributed by atoms with Gasteiger partial charge in [-0.25, -0.2) is 0 Å². The second-order valence-electron chi connectivity index (χ2n) is 6.58. The highest BCUT2D eigenvalue weighted by Crippen LogP contribution is 2.30. The zero-order valence-corrected chi connectivity index (χ0v) is 14.3. The Labute approximate surface area is 138 Å². The molecule has 1 unspecified atom stereocenters. The molecule has 1 aliphatic heterocycles. The van der Waals surface area contributed by atoms with Crippen LogP contribution in [0.2, 0.25) is 0 Å². The largest absolute Gasteiger partial charge is 0.384 e. The molecule has 3 rings (SSSR count). The van der Waals surface area contributed by atoms with Gasteiger partial charge in [0.1, 0.15) is 0 Å². The molecule has 1 atom stereocenters. The lowest BCUT2D eigenvalue weighted by Gasteiger charge is -2.33. The molecular formula is C18H27N3O2. The molecule has 0 fully saturated rings. The topological polar surface area (TPSA) is 47.4 Å². The van der Waals surface area contributed by atoms with Crippen molar-refractivity contribution in [3.05, 3.63) is 29.1 Å². The van der Waals surface area contributed by atoms with Crippen molar-refractivity contribution in [2.45, 2.75) is 58.0 Å². The SMILES string of the molecule is CCn1ncc2c1C(COC)CN(C(=O)CC1=CCCCC1)C2. The van der Waals surface area contributed by atoms with Crippen LogP contribution >= 0.6 is 0 Å². The molecule has 1 aromatic rings. The molecular weight excluding hydrogens is 290 g/mol. The van der Waals surface area contributed by atoms with E-state index in [9.17, 15) is 4.79 Å². The number of nitrogens with zero attached hydrogens (tertiary/aromatic N) is 3. The average molecular weight is 317 g/mol. The van der Waals surface area contributed by atoms with E-state index < -0.39 is 0 Å². The number of aromatic nitrogens is 2. The molecule has 0 saturated carbocycles. The van der Waals surface area contributed by atoms with Crippen molar-refractivity contribution >= 4 is 5.91 Å². The van der Waals surface area contributed by atoms with Gasteiger partial charge in [0.2, 0.25) is 5.91 Å². The van der Waals surface area contributed by atoms with Gasteiger partial charge in [-0.2, -0.15) is 5.10 Å². The number of hydrogen-bond donors (Lipinski definition) is 0. The number of aryl methyl sites for hydroxylation is 1. The molecule has 0 saturated heterocycles. The Bertz CT molecular complexity index is 591. The highest BCUT2D eigenvalue weighted by Gasteiger charge is 2.31. The zero-order valence-electron chi connectivity index (χ0n) is 14.3. The number of allylic oxidation sites excluding steroid dienone is 1. The molecule has 2 heterocycles. The van der Waals surface area contributed by atoms with E-state index >= 15 is 0 Å². The van der Waals surface area contributed by atoms with Gasteiger partial charge >= 0.3 is 0 Å². The molecule has 0 radical (unpaired) electrons. The Morgan fingerprint density at radius 3 is 3.00 bits per heavy atom. The first-order valence-electron chi connectivity index (χ1n) is 8.72. The lowest BCUT2D eigenvalue weighted by Crippen LogP contribution is -2.40. The Kier molecular flexibility index (Phi) is 5.16. The lowest BCUT2D eigenvalue weighted by molar-refractivity contribution is -0.132. The van der Waals surface area contributed by atoms with Crippen LogP contribution in [0.15, 0.2) is 17.8 Å². The summed E-state index contributed by atoms with van der Waals surface area (Å²) in [5, 5.41) is 4.47. The van der Waals surface area contributed by atoms with E-state index in [-0.39, 0.29) is 11.8 Å². The van der Waals surface area contributed by atoms with Gasteiger partial charge in [0.25, 0.3) is 0 Å². The first-order valence-corrected chi connectivity index (χ1v) is 8.72. The van der Waals surface area contributed by atoms with Crippen molar-refractivity contribution in [1.82, 2.24) is 14.7 Å². The number of amides is 1. The molecule has 23 heavy (non-hydrogen) atoms. The zero-order chi connectivity index (χ0) is 16.2. The van der Waals surface area contributed by atoms with Crippen LogP contribution in [0.4, 0.5) is 0 Å². The van der Waals surface area contributed by atoms with Crippen molar-refractivity contribution in [2.24, 2.45) is 0 Å². The maximum atomic E-state index is 12.7. The summed E-state index contributed by atoms with van der Waals surface area (Å²) in [4.78, 5) is 14.7. The predicted octanol–water partition coefficient (Wildman–Crippen LogP) is 2.87. The number of carbonyl (C=O) groups is 1. The monoisotopic (exact) mass is 317 g/mol. The molecule has 0 bridgehead atoms. The number of hydrogen-bond acceptors (Lipinski definition) is 3. The predicted molar refractivity (Wildman–Crippen MR) is 89.1 cm³/mol. The summed E-state index contributed by atoms with van der Waals surface area (Å²) in [7, 11) is 1.72. The normalized spacial score (nSPS) is 21.0. The van der Waals surface area contributed by atoms with Crippen LogP contribution in [0.1, 0.15) is 56.2 Å². The van der Waals surface area contributed by atoms with Crippen LogP contribution in [0.5, 0.6) is 0 Å². The molecule has 0 aromatic carbocycles. The van der Waals surface area contributed by atoms with Crippen molar-refractivity contribution < 1.29 is 9.53 Å². The third-order valence-electron chi connectivity index (χ3n) is 4.93. The second kappa shape index (κ2) is 7.30. The van der Waals surface area contributed by atoms with Crippen LogP contribution in [0, 0.1) is 0 Å². The summed E-state index contributed by atoms with van der Waals surface area (Å²) in [6, 6.07) is 0. The quantitative estimate of drug-likeness (QED) is 0.785. The molecule has 0 spiro atoms. The maximum absolute atomic E-state index is 12.7. The fourth-order valence-electron chi connectivity index (χ4n) is 3.80. The summed E-state index contributed by atoms with van der Waals surface area (Å²) >= 11 is 0. The minimum absolute atomic E-state index is 0.218. The maximum Gasteiger partial charge on any atom is 0.226 e. The number of carbonyl (C=O) groups excluding carboxylic acids is 1.